The first-order chi connectivity index (χ1) is 16.1. The molecular weight excluding hydrogens is 443 g/mol. The van der Waals surface area contributed by atoms with Crippen LogP contribution in [0.25, 0.3) is 21.8 Å². The van der Waals surface area contributed by atoms with Gasteiger partial charge in [-0.05, 0) is 26.0 Å². The predicted octanol–water partition coefficient (Wildman–Crippen LogP) is 5.97. The summed E-state index contributed by atoms with van der Waals surface area (Å²) in [6.45, 7) is 8.81. The van der Waals surface area contributed by atoms with E-state index in [0.717, 1.165) is 17.0 Å². The van der Waals surface area contributed by atoms with Crippen LogP contribution in [0.1, 0.15) is 57.0 Å². The number of imidazole rings is 1. The molecule has 0 aliphatic rings. The first-order valence-electron chi connectivity index (χ1n) is 11.3. The van der Waals surface area contributed by atoms with Crippen molar-refractivity contribution in [3.8, 4) is 0 Å². The summed E-state index contributed by atoms with van der Waals surface area (Å²) in [7, 11) is 3.38. The molecule has 1 unspecified atom stereocenters. The van der Waals surface area contributed by atoms with E-state index in [0.29, 0.717) is 22.4 Å². The van der Waals surface area contributed by atoms with Gasteiger partial charge < -0.3 is 5.32 Å². The molecule has 0 saturated carbocycles. The SMILES string of the molecule is CC.CCC(F)(F)c1cccc(C(C)Nc2nnc(C)c3cc4c(cc23)n(C)c(=O)n4C)c1F. The number of aromatic nitrogens is 4. The van der Waals surface area contributed by atoms with Crippen molar-refractivity contribution in [1.29, 1.82) is 0 Å². The molecule has 0 fully saturated rings. The molecule has 0 amide bonds. The summed E-state index contributed by atoms with van der Waals surface area (Å²) < 4.78 is 46.4. The number of nitrogens with one attached hydrogen (secondary N) is 1. The molecule has 34 heavy (non-hydrogen) atoms. The number of hydrogen-bond donors (Lipinski definition) is 1. The van der Waals surface area contributed by atoms with Crippen LogP contribution in [-0.4, -0.2) is 19.3 Å². The number of anilines is 1. The summed E-state index contributed by atoms with van der Waals surface area (Å²) >= 11 is 0. The highest BCUT2D eigenvalue weighted by atomic mass is 19.3. The van der Waals surface area contributed by atoms with Crippen LogP contribution < -0.4 is 11.0 Å². The third kappa shape index (κ3) is 4.15. The molecule has 0 radical (unpaired) electrons. The summed E-state index contributed by atoms with van der Waals surface area (Å²) in [5.74, 6) is -3.81. The average Bonchev–Trinajstić information content (AvgIpc) is 3.04. The first-order valence-corrected chi connectivity index (χ1v) is 11.3. The van der Waals surface area contributed by atoms with Crippen molar-refractivity contribution in [3.05, 3.63) is 63.5 Å². The fourth-order valence-electron chi connectivity index (χ4n) is 4.02. The summed E-state index contributed by atoms with van der Waals surface area (Å²) in [6.07, 6.45) is -0.491. The van der Waals surface area contributed by atoms with E-state index in [-0.39, 0.29) is 11.3 Å². The number of benzene rings is 2. The molecule has 4 rings (SSSR count). The van der Waals surface area contributed by atoms with Gasteiger partial charge >= 0.3 is 5.69 Å². The van der Waals surface area contributed by atoms with Gasteiger partial charge in [0.15, 0.2) is 5.82 Å². The Hall–Kier alpha value is -3.36. The van der Waals surface area contributed by atoms with Crippen LogP contribution in [0.4, 0.5) is 19.0 Å². The molecule has 1 atom stereocenters. The van der Waals surface area contributed by atoms with Gasteiger partial charge in [0.1, 0.15) is 5.82 Å². The average molecular weight is 474 g/mol. The lowest BCUT2D eigenvalue weighted by molar-refractivity contribution is -0.0119. The number of nitrogens with zero attached hydrogens (tertiary/aromatic N) is 4. The molecule has 6 nitrogen and oxygen atoms in total. The predicted molar refractivity (Wildman–Crippen MR) is 130 cm³/mol. The molecule has 1 N–H and O–H groups in total. The molecule has 0 saturated heterocycles. The van der Waals surface area contributed by atoms with Gasteiger partial charge in [-0.1, -0.05) is 39.0 Å². The fraction of sp³-hybridized carbons (Fsp3) is 0.400. The van der Waals surface area contributed by atoms with Gasteiger partial charge in [-0.15, -0.1) is 5.10 Å². The van der Waals surface area contributed by atoms with Crippen molar-refractivity contribution in [2.24, 2.45) is 14.1 Å². The molecule has 0 bridgehead atoms. The molecule has 0 spiro atoms. The van der Waals surface area contributed by atoms with Crippen molar-refractivity contribution in [3.63, 3.8) is 0 Å². The maximum atomic E-state index is 15.0. The summed E-state index contributed by atoms with van der Waals surface area (Å²) in [5.41, 5.74) is 1.47. The highest BCUT2D eigenvalue weighted by Gasteiger charge is 2.33. The lowest BCUT2D eigenvalue weighted by Crippen LogP contribution is -2.19. The highest BCUT2D eigenvalue weighted by molar-refractivity contribution is 6.01. The van der Waals surface area contributed by atoms with Crippen LogP contribution in [0.15, 0.2) is 35.1 Å². The van der Waals surface area contributed by atoms with Gasteiger partial charge in [0.05, 0.1) is 28.3 Å². The van der Waals surface area contributed by atoms with Crippen LogP contribution in [0.5, 0.6) is 0 Å². The minimum atomic E-state index is -3.25. The smallest absolute Gasteiger partial charge is 0.328 e. The van der Waals surface area contributed by atoms with Gasteiger partial charge in [0, 0.05) is 36.9 Å². The zero-order valence-electron chi connectivity index (χ0n) is 20.5. The van der Waals surface area contributed by atoms with Crippen molar-refractivity contribution >= 4 is 27.6 Å². The molecule has 2 heterocycles. The maximum absolute atomic E-state index is 15.0. The molecular formula is C25H30F3N5O. The van der Waals surface area contributed by atoms with Crippen molar-refractivity contribution in [2.45, 2.75) is 53.0 Å². The standard InChI is InChI=1S/C23H24F3N5O.C2H6/c1-6-23(25,26)17-9-7-8-14(20(17)24)12(2)27-21-16-11-19-18(30(4)22(32)31(19)5)10-15(16)13(3)28-29-21;1-2/h7-12H,6H2,1-5H3,(H,27,29);1-2H3. The van der Waals surface area contributed by atoms with Crippen LogP contribution in [0.2, 0.25) is 0 Å². The maximum Gasteiger partial charge on any atom is 0.328 e. The zero-order valence-corrected chi connectivity index (χ0v) is 20.5. The van der Waals surface area contributed by atoms with Gasteiger partial charge in [-0.3, -0.25) is 9.13 Å². The van der Waals surface area contributed by atoms with Gasteiger partial charge in [-0.2, -0.15) is 5.10 Å². The molecule has 2 aromatic heterocycles. The van der Waals surface area contributed by atoms with Crippen molar-refractivity contribution in [2.75, 3.05) is 5.32 Å². The van der Waals surface area contributed by atoms with E-state index in [1.54, 1.807) is 25.6 Å². The van der Waals surface area contributed by atoms with E-state index in [2.05, 4.69) is 15.5 Å². The second kappa shape index (κ2) is 9.48. The van der Waals surface area contributed by atoms with Crippen LogP contribution in [-0.2, 0) is 20.0 Å². The third-order valence-electron chi connectivity index (χ3n) is 6.04. The number of fused-ring (bicyclic) bond motifs is 2. The monoisotopic (exact) mass is 473 g/mol. The topological polar surface area (TPSA) is 64.7 Å². The molecule has 4 aromatic rings. The molecule has 9 heteroatoms. The third-order valence-corrected chi connectivity index (χ3v) is 6.04. The van der Waals surface area contributed by atoms with E-state index in [9.17, 15) is 18.0 Å². The largest absolute Gasteiger partial charge is 0.361 e. The van der Waals surface area contributed by atoms with Crippen LogP contribution in [0.3, 0.4) is 0 Å². The normalized spacial score (nSPS) is 12.5. The van der Waals surface area contributed by atoms with E-state index in [1.165, 1.54) is 23.6 Å². The van der Waals surface area contributed by atoms with Crippen LogP contribution >= 0.6 is 0 Å². The van der Waals surface area contributed by atoms with E-state index in [1.807, 2.05) is 32.9 Å². The van der Waals surface area contributed by atoms with Crippen molar-refractivity contribution in [1.82, 2.24) is 19.3 Å². The second-order valence-corrected chi connectivity index (χ2v) is 8.05. The van der Waals surface area contributed by atoms with E-state index < -0.39 is 29.8 Å². The minimum absolute atomic E-state index is 0.110. The Labute approximate surface area is 196 Å². The lowest BCUT2D eigenvalue weighted by Gasteiger charge is -2.21. The number of rotatable bonds is 5. The van der Waals surface area contributed by atoms with Gasteiger partial charge in [-0.25, -0.2) is 18.0 Å². The number of alkyl halides is 2. The Morgan fingerprint density at radius 3 is 2.24 bits per heavy atom. The molecule has 0 aliphatic heterocycles. The number of halogens is 3. The Kier molecular flexibility index (Phi) is 7.05. The summed E-state index contributed by atoms with van der Waals surface area (Å²) in [4.78, 5) is 12.4. The first kappa shape index (κ1) is 25.3. The van der Waals surface area contributed by atoms with Crippen LogP contribution in [0, 0.1) is 12.7 Å². The van der Waals surface area contributed by atoms with E-state index >= 15 is 0 Å². The Bertz CT molecular complexity index is 1410. The van der Waals surface area contributed by atoms with Gasteiger partial charge in [0.2, 0.25) is 0 Å². The summed E-state index contributed by atoms with van der Waals surface area (Å²) in [5, 5.41) is 13.0. The lowest BCUT2D eigenvalue weighted by atomic mass is 9.98. The number of aryl methyl sites for hydroxylation is 3. The fourth-order valence-corrected chi connectivity index (χ4v) is 4.02. The second-order valence-electron chi connectivity index (χ2n) is 8.05. The molecule has 182 valence electrons. The molecule has 2 aromatic carbocycles. The minimum Gasteiger partial charge on any atom is -0.361 e. The Balaban J connectivity index is 0.00000158. The quantitative estimate of drug-likeness (QED) is 0.388. The zero-order chi connectivity index (χ0) is 25.4. The van der Waals surface area contributed by atoms with Crippen molar-refractivity contribution < 1.29 is 13.2 Å². The van der Waals surface area contributed by atoms with Gasteiger partial charge in [0.25, 0.3) is 5.92 Å². The molecule has 0 aliphatic carbocycles. The number of hydrogen-bond acceptors (Lipinski definition) is 4. The highest BCUT2D eigenvalue weighted by Crippen LogP contribution is 2.36. The Morgan fingerprint density at radius 2 is 1.65 bits per heavy atom. The van der Waals surface area contributed by atoms with E-state index in [4.69, 9.17) is 0 Å². The summed E-state index contributed by atoms with van der Waals surface area (Å²) in [6, 6.07) is 7.07. The Morgan fingerprint density at radius 1 is 1.06 bits per heavy atom.